The maximum Gasteiger partial charge on any atom is 0.160 e. The molecule has 0 bridgehead atoms. The van der Waals surface area contributed by atoms with Gasteiger partial charge in [-0.3, -0.25) is 0 Å². The largest absolute Gasteiger partial charge is 0.337 e. The van der Waals surface area contributed by atoms with Gasteiger partial charge in [-0.2, -0.15) is 0 Å². The van der Waals surface area contributed by atoms with Crippen molar-refractivity contribution in [3.8, 4) is 50.7 Å². The zero-order valence-electron chi connectivity index (χ0n) is 31.3. The average Bonchev–Trinajstić information content (AvgIpc) is 3.65. The van der Waals surface area contributed by atoms with Crippen molar-refractivity contribution in [2.45, 2.75) is 0 Å². The molecule has 10 rings (SSSR count). The first kappa shape index (κ1) is 34.0. The maximum atomic E-state index is 5.06. The van der Waals surface area contributed by atoms with Crippen LogP contribution in [0.15, 0.2) is 213 Å². The SMILES string of the molecule is C=C1/C=C\C=C/CN(c2ccc(-c3cc(-c4ccccc4)nc(-c4ccccc4)n3)cc2)c2ccc(-c3ccc4c(c3)c3ccccc3n4-c3ccccc3)cc21. The van der Waals surface area contributed by atoms with E-state index in [1.807, 2.05) is 36.4 Å². The molecule has 0 unspecified atom stereocenters. The Morgan fingerprint density at radius 2 is 1.05 bits per heavy atom. The van der Waals surface area contributed by atoms with Gasteiger partial charge in [0.2, 0.25) is 0 Å². The molecular weight excluding hydrogens is 693 g/mol. The van der Waals surface area contributed by atoms with Crippen molar-refractivity contribution in [2.24, 2.45) is 0 Å². The van der Waals surface area contributed by atoms with Crippen LogP contribution in [0.1, 0.15) is 5.56 Å². The van der Waals surface area contributed by atoms with Crippen LogP contribution in [0, 0.1) is 0 Å². The second-order valence-electron chi connectivity index (χ2n) is 14.3. The molecule has 0 spiro atoms. The van der Waals surface area contributed by atoms with Gasteiger partial charge in [0.1, 0.15) is 0 Å². The second kappa shape index (κ2) is 14.6. The summed E-state index contributed by atoms with van der Waals surface area (Å²) in [6.45, 7) is 5.25. The fourth-order valence-corrected chi connectivity index (χ4v) is 7.95. The third-order valence-corrected chi connectivity index (χ3v) is 10.8. The molecule has 270 valence electrons. The van der Waals surface area contributed by atoms with E-state index in [2.05, 4.69) is 186 Å². The monoisotopic (exact) mass is 730 g/mol. The van der Waals surface area contributed by atoms with Crippen LogP contribution in [0.5, 0.6) is 0 Å². The van der Waals surface area contributed by atoms with Gasteiger partial charge in [-0.1, -0.05) is 152 Å². The number of aromatic nitrogens is 3. The molecule has 0 saturated carbocycles. The quantitative estimate of drug-likeness (QED) is 0.171. The lowest BCUT2D eigenvalue weighted by Crippen LogP contribution is -2.18. The van der Waals surface area contributed by atoms with Crippen molar-refractivity contribution >= 4 is 38.8 Å². The summed E-state index contributed by atoms with van der Waals surface area (Å²) in [5.41, 5.74) is 15.0. The summed E-state index contributed by atoms with van der Waals surface area (Å²) in [6, 6.07) is 64.2. The summed E-state index contributed by atoms with van der Waals surface area (Å²) in [5.74, 6) is 0.707. The minimum atomic E-state index is 0.706. The van der Waals surface area contributed by atoms with E-state index in [4.69, 9.17) is 9.97 Å². The van der Waals surface area contributed by atoms with E-state index in [0.29, 0.717) is 12.4 Å². The number of anilines is 2. The van der Waals surface area contributed by atoms with Crippen LogP contribution in [0.4, 0.5) is 11.4 Å². The van der Waals surface area contributed by atoms with E-state index in [0.717, 1.165) is 61.8 Å². The summed E-state index contributed by atoms with van der Waals surface area (Å²) in [4.78, 5) is 12.4. The fraction of sp³-hybridized carbons (Fsp3) is 0.0189. The highest BCUT2D eigenvalue weighted by molar-refractivity contribution is 6.10. The first-order valence-corrected chi connectivity index (χ1v) is 19.3. The van der Waals surface area contributed by atoms with Crippen LogP contribution < -0.4 is 4.90 Å². The summed E-state index contributed by atoms with van der Waals surface area (Å²) < 4.78 is 2.36. The molecule has 0 radical (unpaired) electrons. The number of allylic oxidation sites excluding steroid dienone is 4. The highest BCUT2D eigenvalue weighted by Crippen LogP contribution is 2.40. The smallest absolute Gasteiger partial charge is 0.160 e. The van der Waals surface area contributed by atoms with Gasteiger partial charge in [0, 0.05) is 56.6 Å². The van der Waals surface area contributed by atoms with E-state index < -0.39 is 0 Å². The zero-order valence-corrected chi connectivity index (χ0v) is 31.3. The minimum Gasteiger partial charge on any atom is -0.337 e. The van der Waals surface area contributed by atoms with Gasteiger partial charge in [0.25, 0.3) is 0 Å². The lowest BCUT2D eigenvalue weighted by Gasteiger charge is -2.27. The molecule has 9 aromatic rings. The zero-order chi connectivity index (χ0) is 38.1. The van der Waals surface area contributed by atoms with Crippen LogP contribution in [-0.2, 0) is 0 Å². The molecule has 0 saturated heterocycles. The van der Waals surface area contributed by atoms with Crippen LogP contribution in [0.2, 0.25) is 0 Å². The van der Waals surface area contributed by atoms with E-state index in [1.165, 1.54) is 27.4 Å². The lowest BCUT2D eigenvalue weighted by atomic mass is 9.96. The molecule has 4 heteroatoms. The highest BCUT2D eigenvalue weighted by atomic mass is 15.1. The average molecular weight is 731 g/mol. The lowest BCUT2D eigenvalue weighted by molar-refractivity contribution is 1.09. The number of rotatable bonds is 6. The molecule has 7 aromatic carbocycles. The number of nitrogens with zero attached hydrogens (tertiary/aromatic N) is 4. The molecule has 0 fully saturated rings. The van der Waals surface area contributed by atoms with Crippen molar-refractivity contribution in [2.75, 3.05) is 11.4 Å². The number of benzene rings is 7. The standard InChI is InChI=1S/C53H38N4/c1-37-16-6-5-15-33-56(43-29-25-39(26-30-43)49-36-48(38-17-7-2-8-18-38)54-53(55-49)40-19-9-3-10-20-40)50-31-27-41(34-46(37)50)42-28-32-52-47(35-42)45-23-13-14-24-51(45)57(52)44-21-11-4-12-22-44/h2-32,34-36H,1,33H2/b15-5-,16-6-. The summed E-state index contributed by atoms with van der Waals surface area (Å²) in [7, 11) is 0. The van der Waals surface area contributed by atoms with Crippen molar-refractivity contribution in [1.29, 1.82) is 0 Å². The van der Waals surface area contributed by atoms with Crippen molar-refractivity contribution in [1.82, 2.24) is 14.5 Å². The normalized spacial score (nSPS) is 13.8. The van der Waals surface area contributed by atoms with E-state index in [1.54, 1.807) is 0 Å². The Morgan fingerprint density at radius 1 is 0.456 bits per heavy atom. The summed E-state index contributed by atoms with van der Waals surface area (Å²) in [6.07, 6.45) is 8.48. The number of hydrogen-bond acceptors (Lipinski definition) is 3. The Morgan fingerprint density at radius 3 is 1.81 bits per heavy atom. The fourth-order valence-electron chi connectivity index (χ4n) is 7.95. The highest BCUT2D eigenvalue weighted by Gasteiger charge is 2.19. The predicted molar refractivity (Wildman–Crippen MR) is 239 cm³/mol. The van der Waals surface area contributed by atoms with Gasteiger partial charge in [-0.15, -0.1) is 0 Å². The molecule has 4 nitrogen and oxygen atoms in total. The third-order valence-electron chi connectivity index (χ3n) is 10.8. The van der Waals surface area contributed by atoms with Gasteiger partial charge in [0.15, 0.2) is 5.82 Å². The minimum absolute atomic E-state index is 0.706. The Kier molecular flexibility index (Phi) is 8.69. The van der Waals surface area contributed by atoms with Gasteiger partial charge >= 0.3 is 0 Å². The Labute approximate surface area is 332 Å². The number of para-hydroxylation sites is 2. The molecular formula is C53H38N4. The van der Waals surface area contributed by atoms with Crippen LogP contribution in [0.25, 0.3) is 78.1 Å². The third kappa shape index (κ3) is 6.43. The van der Waals surface area contributed by atoms with Crippen molar-refractivity contribution in [3.05, 3.63) is 218 Å². The molecule has 0 N–H and O–H groups in total. The van der Waals surface area contributed by atoms with Gasteiger partial charge in [0.05, 0.1) is 22.4 Å². The first-order chi connectivity index (χ1) is 28.2. The van der Waals surface area contributed by atoms with E-state index in [9.17, 15) is 0 Å². The van der Waals surface area contributed by atoms with Gasteiger partial charge < -0.3 is 9.47 Å². The van der Waals surface area contributed by atoms with E-state index >= 15 is 0 Å². The van der Waals surface area contributed by atoms with Crippen LogP contribution in [-0.4, -0.2) is 21.1 Å². The Bertz CT molecular complexity index is 2920. The van der Waals surface area contributed by atoms with Gasteiger partial charge in [-0.25, -0.2) is 9.97 Å². The van der Waals surface area contributed by atoms with Crippen molar-refractivity contribution < 1.29 is 0 Å². The second-order valence-corrected chi connectivity index (χ2v) is 14.3. The van der Waals surface area contributed by atoms with Gasteiger partial charge in [-0.05, 0) is 77.4 Å². The summed E-state index contributed by atoms with van der Waals surface area (Å²) >= 11 is 0. The maximum absolute atomic E-state index is 5.06. The van der Waals surface area contributed by atoms with E-state index in [-0.39, 0.29) is 0 Å². The molecule has 2 aromatic heterocycles. The molecule has 0 atom stereocenters. The summed E-state index contributed by atoms with van der Waals surface area (Å²) in [5, 5.41) is 2.47. The molecule has 3 heterocycles. The predicted octanol–water partition coefficient (Wildman–Crippen LogP) is 13.5. The Balaban J connectivity index is 1.03. The first-order valence-electron chi connectivity index (χ1n) is 19.3. The molecule has 1 aliphatic heterocycles. The van der Waals surface area contributed by atoms with Crippen molar-refractivity contribution in [3.63, 3.8) is 0 Å². The van der Waals surface area contributed by atoms with Crippen LogP contribution >= 0.6 is 0 Å². The Hall–Kier alpha value is -7.56. The topological polar surface area (TPSA) is 34.0 Å². The molecule has 0 amide bonds. The molecule has 1 aliphatic rings. The number of fused-ring (bicyclic) bond motifs is 4. The number of hydrogen-bond donors (Lipinski definition) is 0. The molecule has 57 heavy (non-hydrogen) atoms. The molecule has 0 aliphatic carbocycles. The van der Waals surface area contributed by atoms with Crippen LogP contribution in [0.3, 0.4) is 0 Å².